The van der Waals surface area contributed by atoms with Gasteiger partial charge in [-0.2, -0.15) is 0 Å². The zero-order valence-electron chi connectivity index (χ0n) is 27.8. The number of likely N-dealkylation sites (N-methyl/N-ethyl adjacent to an activating group) is 1. The van der Waals surface area contributed by atoms with Crippen LogP contribution < -0.4 is 26.6 Å². The van der Waals surface area contributed by atoms with Gasteiger partial charge in [0.15, 0.2) is 0 Å². The molecule has 11 heteroatoms. The second-order valence-electron chi connectivity index (χ2n) is 15.1. The van der Waals surface area contributed by atoms with Crippen LogP contribution >= 0.6 is 0 Å². The molecule has 0 aromatic heterocycles. The number of benzene rings is 1. The van der Waals surface area contributed by atoms with Crippen molar-refractivity contribution in [2.75, 3.05) is 43.7 Å². The quantitative estimate of drug-likeness (QED) is 0.216. The number of nitrogens with one attached hydrogen (secondary N) is 3. The number of hydrogen-bond donors (Lipinski definition) is 6. The van der Waals surface area contributed by atoms with E-state index in [0.717, 1.165) is 31.2 Å². The van der Waals surface area contributed by atoms with Gasteiger partial charge in [0.2, 0.25) is 0 Å². The highest BCUT2D eigenvalue weighted by Gasteiger charge is 2.53. The van der Waals surface area contributed by atoms with Crippen molar-refractivity contribution in [3.63, 3.8) is 0 Å². The molecule has 0 bridgehead atoms. The average molecular weight is 627 g/mol. The minimum atomic E-state index is -0.961. The van der Waals surface area contributed by atoms with Crippen molar-refractivity contribution < 1.29 is 14.9 Å². The largest absolute Gasteiger partial charge is 0.387 e. The molecule has 7 rings (SSSR count). The molecule has 2 aliphatic carbocycles. The molecule has 4 aliphatic heterocycles. The molecule has 0 amide bonds. The molecule has 3 saturated heterocycles. The summed E-state index contributed by atoms with van der Waals surface area (Å²) in [7, 11) is 2.05. The van der Waals surface area contributed by atoms with Crippen LogP contribution in [-0.2, 0) is 4.74 Å². The fourth-order valence-corrected chi connectivity index (χ4v) is 9.00. The maximum absolute atomic E-state index is 11.2. The second-order valence-corrected chi connectivity index (χ2v) is 15.1. The third-order valence-corrected chi connectivity index (χ3v) is 11.9. The third kappa shape index (κ3) is 6.02. The fraction of sp³-hybridized carbons (Fsp3) is 0.824. The number of aliphatic hydroxyl groups excluding tert-OH is 2. The summed E-state index contributed by atoms with van der Waals surface area (Å²) in [6.07, 6.45) is 7.28. The van der Waals surface area contributed by atoms with Gasteiger partial charge >= 0.3 is 0 Å². The van der Waals surface area contributed by atoms with Crippen LogP contribution in [0.15, 0.2) is 18.2 Å². The molecular weight excluding hydrogens is 568 g/mol. The molecule has 4 heterocycles. The normalized spacial score (nSPS) is 38.8. The molecule has 2 saturated carbocycles. The van der Waals surface area contributed by atoms with Crippen LogP contribution in [0.5, 0.6) is 0 Å². The Morgan fingerprint density at radius 3 is 2.60 bits per heavy atom. The first kappa shape index (κ1) is 32.0. The van der Waals surface area contributed by atoms with Crippen molar-refractivity contribution in [3.8, 4) is 0 Å². The van der Waals surface area contributed by atoms with Crippen molar-refractivity contribution >= 4 is 11.4 Å². The Morgan fingerprint density at radius 1 is 1.09 bits per heavy atom. The van der Waals surface area contributed by atoms with E-state index >= 15 is 0 Å². The molecule has 8 atom stereocenters. The minimum absolute atomic E-state index is 0.000593. The Kier molecular flexibility index (Phi) is 9.37. The van der Waals surface area contributed by atoms with E-state index in [9.17, 15) is 10.2 Å². The molecule has 6 aliphatic rings. The summed E-state index contributed by atoms with van der Waals surface area (Å²) in [6, 6.07) is 8.02. The van der Waals surface area contributed by atoms with Gasteiger partial charge in [-0.15, -0.1) is 0 Å². The van der Waals surface area contributed by atoms with Crippen LogP contribution in [0.25, 0.3) is 0 Å². The van der Waals surface area contributed by atoms with Crippen molar-refractivity contribution in [2.45, 2.75) is 139 Å². The predicted octanol–water partition coefficient (Wildman–Crippen LogP) is 1.97. The summed E-state index contributed by atoms with van der Waals surface area (Å²) in [4.78, 5) is 9.42. The smallest absolute Gasteiger partial charge is 0.142 e. The standard InChI is InChI=1S/C34H58N8O3/c1-5-13-40-26-11-10-23(22-7-6-8-22)16-25(26)38-28(40)12-9-21-14-24(15-21)41(20(2)3)17-27-30(43)31(44)34(45-27)42-19-36-29-32(35)37-18-39(4)33(29)42/h10-11,16,20-22,24,27-34,36-38,43-44H,5-9,12-15,17-19,35H2,1-4H3/t21-,24+,27-,28?,29?,30-,31-,32?,33?,34-/m1/s1. The molecule has 11 nitrogen and oxygen atoms in total. The van der Waals surface area contributed by atoms with Gasteiger partial charge in [0.25, 0.3) is 0 Å². The highest BCUT2D eigenvalue weighted by atomic mass is 16.6. The topological polar surface area (TPSA) is 125 Å². The van der Waals surface area contributed by atoms with E-state index < -0.39 is 24.5 Å². The maximum atomic E-state index is 11.2. The third-order valence-electron chi connectivity index (χ3n) is 11.9. The zero-order chi connectivity index (χ0) is 31.4. The molecule has 45 heavy (non-hydrogen) atoms. The molecule has 1 aromatic rings. The lowest BCUT2D eigenvalue weighted by Gasteiger charge is -2.46. The van der Waals surface area contributed by atoms with Crippen LogP contribution in [-0.4, -0.2) is 120 Å². The Labute approximate surface area is 269 Å². The summed E-state index contributed by atoms with van der Waals surface area (Å²) in [5.74, 6) is 1.48. The van der Waals surface area contributed by atoms with Crippen LogP contribution in [0, 0.1) is 5.92 Å². The predicted molar refractivity (Wildman–Crippen MR) is 178 cm³/mol. The minimum Gasteiger partial charge on any atom is -0.387 e. The number of hydrogen-bond acceptors (Lipinski definition) is 11. The average Bonchev–Trinajstić information content (AvgIpc) is 3.63. The van der Waals surface area contributed by atoms with Crippen molar-refractivity contribution in [3.05, 3.63) is 23.8 Å². The van der Waals surface area contributed by atoms with Crippen LogP contribution in [0.4, 0.5) is 11.4 Å². The molecule has 0 spiro atoms. The Hall–Kier alpha value is -1.54. The summed E-state index contributed by atoms with van der Waals surface area (Å²) in [6.45, 7) is 9.71. The number of anilines is 2. The fourth-order valence-electron chi connectivity index (χ4n) is 9.00. The highest BCUT2D eigenvalue weighted by molar-refractivity contribution is 5.77. The van der Waals surface area contributed by atoms with Crippen molar-refractivity contribution in [1.29, 1.82) is 0 Å². The van der Waals surface area contributed by atoms with Gasteiger partial charge in [-0.05, 0) is 95.4 Å². The van der Waals surface area contributed by atoms with Crippen LogP contribution in [0.3, 0.4) is 0 Å². The summed E-state index contributed by atoms with van der Waals surface area (Å²) in [5, 5.41) is 33.0. The Bertz CT molecular complexity index is 1160. The van der Waals surface area contributed by atoms with E-state index in [2.05, 4.69) is 74.5 Å². The van der Waals surface area contributed by atoms with E-state index in [1.54, 1.807) is 0 Å². The number of nitrogens with two attached hydrogens (primary N) is 1. The van der Waals surface area contributed by atoms with E-state index in [0.29, 0.717) is 38.1 Å². The zero-order valence-corrected chi connectivity index (χ0v) is 27.8. The first-order valence-electron chi connectivity index (χ1n) is 17.9. The summed E-state index contributed by atoms with van der Waals surface area (Å²) >= 11 is 0. The summed E-state index contributed by atoms with van der Waals surface area (Å²) in [5.41, 5.74) is 10.6. The Morgan fingerprint density at radius 2 is 1.89 bits per heavy atom. The molecule has 1 aromatic carbocycles. The van der Waals surface area contributed by atoms with E-state index in [1.807, 2.05) is 7.05 Å². The number of rotatable bonds is 11. The SMILES string of the molecule is CCCN1c2ccc(C3CCC3)cc2NC1CC[C@H]1C[C@@H](N(C[C@H]2O[C@@H](N3CNC4C(N)NCN(C)C43)[C@H](O)[C@@H]2O)C(C)C)C1. The van der Waals surface area contributed by atoms with Crippen molar-refractivity contribution in [1.82, 2.24) is 25.3 Å². The van der Waals surface area contributed by atoms with Gasteiger partial charge in [-0.3, -0.25) is 20.4 Å². The maximum Gasteiger partial charge on any atom is 0.142 e. The Balaban J connectivity index is 0.923. The molecule has 5 fully saturated rings. The second kappa shape index (κ2) is 13.2. The number of aliphatic hydroxyl groups is 2. The number of fused-ring (bicyclic) bond motifs is 2. The lowest BCUT2D eigenvalue weighted by atomic mass is 9.76. The van der Waals surface area contributed by atoms with Gasteiger partial charge in [0.05, 0.1) is 49.3 Å². The molecule has 0 radical (unpaired) electrons. The van der Waals surface area contributed by atoms with Crippen LogP contribution in [0.1, 0.15) is 83.6 Å². The number of nitrogens with zero attached hydrogens (tertiary/aromatic N) is 4. The lowest BCUT2D eigenvalue weighted by Crippen LogP contribution is -2.68. The first-order chi connectivity index (χ1) is 21.7. The van der Waals surface area contributed by atoms with E-state index in [-0.39, 0.29) is 18.4 Å². The summed E-state index contributed by atoms with van der Waals surface area (Å²) < 4.78 is 6.49. The highest BCUT2D eigenvalue weighted by Crippen LogP contribution is 2.44. The monoisotopic (exact) mass is 626 g/mol. The van der Waals surface area contributed by atoms with Crippen LogP contribution in [0.2, 0.25) is 0 Å². The molecule has 4 unspecified atom stereocenters. The van der Waals surface area contributed by atoms with Gasteiger partial charge in [-0.25, -0.2) is 4.90 Å². The first-order valence-corrected chi connectivity index (χ1v) is 17.9. The number of ether oxygens (including phenoxy) is 1. The van der Waals surface area contributed by atoms with Crippen molar-refractivity contribution in [2.24, 2.45) is 11.7 Å². The van der Waals surface area contributed by atoms with Gasteiger partial charge in [0, 0.05) is 25.2 Å². The van der Waals surface area contributed by atoms with Gasteiger partial charge in [0.1, 0.15) is 24.5 Å². The molecule has 252 valence electrons. The molecule has 7 N–H and O–H groups in total. The van der Waals surface area contributed by atoms with Gasteiger partial charge in [-0.1, -0.05) is 19.4 Å². The van der Waals surface area contributed by atoms with Gasteiger partial charge < -0.3 is 30.9 Å². The van der Waals surface area contributed by atoms with E-state index in [1.165, 1.54) is 55.5 Å². The lowest BCUT2D eigenvalue weighted by molar-refractivity contribution is -0.130. The molecular formula is C34H58N8O3. The van der Waals surface area contributed by atoms with E-state index in [4.69, 9.17) is 10.5 Å².